The SMILES string of the molecule is Cn1nc(C(=O)NCc2ccc3c(c2)OCO3)c2c1CCC2. The number of fused-ring (bicyclic) bond motifs is 2. The van der Waals surface area contributed by atoms with Crippen molar-refractivity contribution in [2.75, 3.05) is 6.79 Å². The van der Waals surface area contributed by atoms with Gasteiger partial charge in [-0.15, -0.1) is 0 Å². The van der Waals surface area contributed by atoms with Crippen LogP contribution in [-0.2, 0) is 26.4 Å². The quantitative estimate of drug-likeness (QED) is 0.934. The molecule has 0 saturated heterocycles. The Balaban J connectivity index is 1.48. The number of carbonyl (C=O) groups excluding carboxylic acids is 1. The van der Waals surface area contributed by atoms with E-state index in [1.54, 1.807) is 0 Å². The molecule has 1 N–H and O–H groups in total. The Labute approximate surface area is 128 Å². The molecule has 0 radical (unpaired) electrons. The Hall–Kier alpha value is -2.50. The lowest BCUT2D eigenvalue weighted by atomic mass is 10.1. The van der Waals surface area contributed by atoms with Crippen molar-refractivity contribution in [2.24, 2.45) is 7.05 Å². The van der Waals surface area contributed by atoms with Crippen LogP contribution in [0, 0.1) is 0 Å². The highest BCUT2D eigenvalue weighted by Gasteiger charge is 2.25. The Bertz CT molecular complexity index is 751. The van der Waals surface area contributed by atoms with Crippen molar-refractivity contribution in [3.63, 3.8) is 0 Å². The van der Waals surface area contributed by atoms with E-state index in [0.717, 1.165) is 41.9 Å². The molecule has 114 valence electrons. The van der Waals surface area contributed by atoms with Crippen molar-refractivity contribution in [2.45, 2.75) is 25.8 Å². The molecular weight excluding hydrogens is 282 g/mol. The highest BCUT2D eigenvalue weighted by atomic mass is 16.7. The van der Waals surface area contributed by atoms with Gasteiger partial charge in [-0.1, -0.05) is 6.07 Å². The van der Waals surface area contributed by atoms with Crippen molar-refractivity contribution < 1.29 is 14.3 Å². The smallest absolute Gasteiger partial charge is 0.272 e. The number of benzene rings is 1. The maximum Gasteiger partial charge on any atom is 0.272 e. The van der Waals surface area contributed by atoms with E-state index in [4.69, 9.17) is 9.47 Å². The molecule has 0 atom stereocenters. The van der Waals surface area contributed by atoms with Crippen LogP contribution >= 0.6 is 0 Å². The highest BCUT2D eigenvalue weighted by Crippen LogP contribution is 2.32. The van der Waals surface area contributed by atoms with Gasteiger partial charge in [-0.2, -0.15) is 5.10 Å². The molecule has 1 aliphatic carbocycles. The lowest BCUT2D eigenvalue weighted by Crippen LogP contribution is -2.24. The summed E-state index contributed by atoms with van der Waals surface area (Å²) < 4.78 is 12.5. The number of amides is 1. The monoisotopic (exact) mass is 299 g/mol. The van der Waals surface area contributed by atoms with Crippen LogP contribution in [0.1, 0.15) is 33.7 Å². The number of nitrogens with zero attached hydrogens (tertiary/aromatic N) is 2. The Morgan fingerprint density at radius 1 is 1.32 bits per heavy atom. The van der Waals surface area contributed by atoms with E-state index in [1.165, 1.54) is 5.69 Å². The molecule has 1 aromatic heterocycles. The molecule has 4 rings (SSSR count). The fourth-order valence-electron chi connectivity index (χ4n) is 3.11. The van der Waals surface area contributed by atoms with Gasteiger partial charge in [-0.05, 0) is 37.0 Å². The fourth-order valence-corrected chi connectivity index (χ4v) is 3.11. The molecule has 1 aliphatic heterocycles. The molecule has 6 heteroatoms. The number of aromatic nitrogens is 2. The molecule has 2 heterocycles. The van der Waals surface area contributed by atoms with E-state index in [9.17, 15) is 4.79 Å². The van der Waals surface area contributed by atoms with Gasteiger partial charge in [0, 0.05) is 24.8 Å². The maximum atomic E-state index is 12.4. The summed E-state index contributed by atoms with van der Waals surface area (Å²) in [6, 6.07) is 5.68. The van der Waals surface area contributed by atoms with Gasteiger partial charge in [0.25, 0.3) is 5.91 Å². The Kier molecular flexibility index (Phi) is 3.03. The zero-order chi connectivity index (χ0) is 15.1. The predicted molar refractivity (Wildman–Crippen MR) is 79.0 cm³/mol. The van der Waals surface area contributed by atoms with Gasteiger partial charge in [-0.25, -0.2) is 0 Å². The summed E-state index contributed by atoms with van der Waals surface area (Å²) in [5, 5.41) is 7.30. The molecule has 2 aromatic rings. The number of carbonyl (C=O) groups is 1. The summed E-state index contributed by atoms with van der Waals surface area (Å²) >= 11 is 0. The maximum absolute atomic E-state index is 12.4. The topological polar surface area (TPSA) is 65.4 Å². The third-order valence-corrected chi connectivity index (χ3v) is 4.22. The zero-order valence-electron chi connectivity index (χ0n) is 12.4. The van der Waals surface area contributed by atoms with Crippen LogP contribution in [0.4, 0.5) is 0 Å². The van der Waals surface area contributed by atoms with E-state index < -0.39 is 0 Å². The van der Waals surface area contributed by atoms with Crippen molar-refractivity contribution in [1.29, 1.82) is 0 Å². The van der Waals surface area contributed by atoms with Gasteiger partial charge in [-0.3, -0.25) is 9.48 Å². The molecule has 0 spiro atoms. The minimum absolute atomic E-state index is 0.114. The molecule has 0 unspecified atom stereocenters. The molecule has 1 aromatic carbocycles. The van der Waals surface area contributed by atoms with Crippen LogP contribution in [0.25, 0.3) is 0 Å². The second-order valence-corrected chi connectivity index (χ2v) is 5.62. The van der Waals surface area contributed by atoms with Crippen LogP contribution in [0.2, 0.25) is 0 Å². The van der Waals surface area contributed by atoms with E-state index in [-0.39, 0.29) is 12.7 Å². The first-order valence-electron chi connectivity index (χ1n) is 7.44. The molecule has 0 saturated carbocycles. The van der Waals surface area contributed by atoms with Crippen LogP contribution in [0.15, 0.2) is 18.2 Å². The molecule has 0 bridgehead atoms. The minimum Gasteiger partial charge on any atom is -0.454 e. The second kappa shape index (κ2) is 5.05. The third kappa shape index (κ3) is 2.11. The van der Waals surface area contributed by atoms with Gasteiger partial charge >= 0.3 is 0 Å². The third-order valence-electron chi connectivity index (χ3n) is 4.22. The number of ether oxygens (including phenoxy) is 2. The summed E-state index contributed by atoms with van der Waals surface area (Å²) in [6.45, 7) is 0.700. The summed E-state index contributed by atoms with van der Waals surface area (Å²) in [7, 11) is 1.90. The molecule has 22 heavy (non-hydrogen) atoms. The van der Waals surface area contributed by atoms with E-state index >= 15 is 0 Å². The summed E-state index contributed by atoms with van der Waals surface area (Å²) in [4.78, 5) is 12.4. The minimum atomic E-state index is -0.114. The molecule has 1 amide bonds. The number of rotatable bonds is 3. The summed E-state index contributed by atoms with van der Waals surface area (Å²) in [5.74, 6) is 1.36. The average molecular weight is 299 g/mol. The van der Waals surface area contributed by atoms with Crippen LogP contribution in [0.5, 0.6) is 11.5 Å². The normalized spacial score (nSPS) is 15.0. The van der Waals surface area contributed by atoms with E-state index in [1.807, 2.05) is 29.9 Å². The Morgan fingerprint density at radius 3 is 3.09 bits per heavy atom. The number of hydrogen-bond donors (Lipinski definition) is 1. The number of aryl methyl sites for hydroxylation is 1. The van der Waals surface area contributed by atoms with Gasteiger partial charge in [0.1, 0.15) is 0 Å². The molecule has 6 nitrogen and oxygen atoms in total. The van der Waals surface area contributed by atoms with Crippen LogP contribution < -0.4 is 14.8 Å². The lowest BCUT2D eigenvalue weighted by Gasteiger charge is -2.05. The Morgan fingerprint density at radius 2 is 2.18 bits per heavy atom. The first-order chi connectivity index (χ1) is 10.7. The van der Waals surface area contributed by atoms with Crippen LogP contribution in [0.3, 0.4) is 0 Å². The largest absolute Gasteiger partial charge is 0.454 e. The fraction of sp³-hybridized carbons (Fsp3) is 0.375. The second-order valence-electron chi connectivity index (χ2n) is 5.62. The van der Waals surface area contributed by atoms with Gasteiger partial charge < -0.3 is 14.8 Å². The van der Waals surface area contributed by atoms with Gasteiger partial charge in [0.05, 0.1) is 0 Å². The lowest BCUT2D eigenvalue weighted by molar-refractivity contribution is 0.0944. The van der Waals surface area contributed by atoms with Crippen molar-refractivity contribution in [3.8, 4) is 11.5 Å². The van der Waals surface area contributed by atoms with Crippen LogP contribution in [-0.4, -0.2) is 22.5 Å². The van der Waals surface area contributed by atoms with Gasteiger partial charge in [0.15, 0.2) is 17.2 Å². The molecular formula is C16H17N3O3. The summed E-state index contributed by atoms with van der Waals surface area (Å²) in [5.41, 5.74) is 3.83. The highest BCUT2D eigenvalue weighted by molar-refractivity contribution is 5.94. The first-order valence-corrected chi connectivity index (χ1v) is 7.44. The van der Waals surface area contributed by atoms with Crippen molar-refractivity contribution in [1.82, 2.24) is 15.1 Å². The predicted octanol–water partition coefficient (Wildman–Crippen LogP) is 1.57. The van der Waals surface area contributed by atoms with Crippen molar-refractivity contribution >= 4 is 5.91 Å². The molecule has 2 aliphatic rings. The molecule has 0 fully saturated rings. The van der Waals surface area contributed by atoms with E-state index in [0.29, 0.717) is 12.2 Å². The summed E-state index contributed by atoms with van der Waals surface area (Å²) in [6.07, 6.45) is 3.05. The number of nitrogens with one attached hydrogen (secondary N) is 1. The standard InChI is InChI=1S/C16H17N3O3/c1-19-12-4-2-3-11(12)15(18-19)16(20)17-8-10-5-6-13-14(7-10)22-9-21-13/h5-7H,2-4,8-9H2,1H3,(H,17,20). The van der Waals surface area contributed by atoms with Gasteiger partial charge in [0.2, 0.25) is 6.79 Å². The zero-order valence-corrected chi connectivity index (χ0v) is 12.4. The first kappa shape index (κ1) is 13.2. The average Bonchev–Trinajstić information content (AvgIpc) is 3.22. The number of hydrogen-bond acceptors (Lipinski definition) is 4. The van der Waals surface area contributed by atoms with Crippen molar-refractivity contribution in [3.05, 3.63) is 40.7 Å². The van der Waals surface area contributed by atoms with E-state index in [2.05, 4.69) is 10.4 Å².